The molecule has 1 atom stereocenters. The van der Waals surface area contributed by atoms with E-state index in [9.17, 15) is 13.6 Å². The van der Waals surface area contributed by atoms with Gasteiger partial charge in [0.1, 0.15) is 0 Å². The van der Waals surface area contributed by atoms with Crippen LogP contribution < -0.4 is 10.5 Å². The summed E-state index contributed by atoms with van der Waals surface area (Å²) in [4.78, 5) is 11.1. The normalized spacial score (nSPS) is 22.1. The molecule has 0 radical (unpaired) electrons. The summed E-state index contributed by atoms with van der Waals surface area (Å²) < 4.78 is 31.9. The number of anilines is 1. The van der Waals surface area contributed by atoms with E-state index in [0.29, 0.717) is 0 Å². The number of aliphatic carboxylic acids is 1. The molecule has 0 aromatic heterocycles. The molecule has 3 N–H and O–H groups in total. The molecule has 6 heteroatoms. The first-order valence-corrected chi connectivity index (χ1v) is 5.10. The summed E-state index contributed by atoms with van der Waals surface area (Å²) in [6.07, 6.45) is 0.132. The van der Waals surface area contributed by atoms with Gasteiger partial charge in [-0.2, -0.15) is 4.39 Å². The fourth-order valence-corrected chi connectivity index (χ4v) is 1.93. The van der Waals surface area contributed by atoms with Crippen molar-refractivity contribution in [2.24, 2.45) is 0 Å². The van der Waals surface area contributed by atoms with E-state index in [1.807, 2.05) is 0 Å². The molecular weight excluding hydrogens is 232 g/mol. The third-order valence-corrected chi connectivity index (χ3v) is 3.00. The number of nitrogens with two attached hydrogens (primary N) is 1. The van der Waals surface area contributed by atoms with Crippen LogP contribution in [0.15, 0.2) is 6.07 Å². The van der Waals surface area contributed by atoms with Crippen LogP contribution in [0.2, 0.25) is 0 Å². The van der Waals surface area contributed by atoms with Crippen LogP contribution in [0.3, 0.4) is 0 Å². The summed E-state index contributed by atoms with van der Waals surface area (Å²) >= 11 is 0. The van der Waals surface area contributed by atoms with Crippen molar-refractivity contribution in [1.29, 1.82) is 0 Å². The zero-order valence-corrected chi connectivity index (χ0v) is 9.09. The molecule has 0 spiro atoms. The lowest BCUT2D eigenvalue weighted by Crippen LogP contribution is -2.42. The number of carboxylic acid groups (broad SMARTS) is 1. The van der Waals surface area contributed by atoms with E-state index >= 15 is 0 Å². The molecule has 1 heterocycles. The van der Waals surface area contributed by atoms with Gasteiger partial charge in [-0.3, -0.25) is 0 Å². The van der Waals surface area contributed by atoms with E-state index in [4.69, 9.17) is 15.6 Å². The van der Waals surface area contributed by atoms with E-state index in [-0.39, 0.29) is 29.8 Å². The number of hydrogen-bond acceptors (Lipinski definition) is 3. The van der Waals surface area contributed by atoms with Crippen molar-refractivity contribution in [2.45, 2.75) is 25.4 Å². The van der Waals surface area contributed by atoms with Crippen LogP contribution in [0.4, 0.5) is 14.5 Å². The first-order valence-electron chi connectivity index (χ1n) is 5.10. The molecule has 0 saturated heterocycles. The van der Waals surface area contributed by atoms with Crippen LogP contribution >= 0.6 is 0 Å². The number of ether oxygens (including phenoxy) is 1. The van der Waals surface area contributed by atoms with Gasteiger partial charge >= 0.3 is 5.97 Å². The van der Waals surface area contributed by atoms with Crippen molar-refractivity contribution in [3.05, 3.63) is 23.3 Å². The van der Waals surface area contributed by atoms with Gasteiger partial charge in [0.15, 0.2) is 11.6 Å². The molecule has 0 saturated carbocycles. The van der Waals surface area contributed by atoms with Crippen molar-refractivity contribution in [3.63, 3.8) is 0 Å². The van der Waals surface area contributed by atoms with Gasteiger partial charge in [0.2, 0.25) is 11.4 Å². The molecule has 0 amide bonds. The number of hydrogen-bond donors (Lipinski definition) is 2. The van der Waals surface area contributed by atoms with Crippen LogP contribution in [0, 0.1) is 11.6 Å². The molecule has 0 aliphatic carbocycles. The second-order valence-electron chi connectivity index (χ2n) is 4.01. The Morgan fingerprint density at radius 1 is 1.59 bits per heavy atom. The molecule has 2 rings (SSSR count). The van der Waals surface area contributed by atoms with Crippen LogP contribution in [-0.4, -0.2) is 16.7 Å². The highest BCUT2D eigenvalue weighted by Gasteiger charge is 2.46. The Morgan fingerprint density at radius 3 is 2.76 bits per heavy atom. The van der Waals surface area contributed by atoms with E-state index in [2.05, 4.69) is 0 Å². The molecule has 0 fully saturated rings. The number of carboxylic acids is 1. The second kappa shape index (κ2) is 3.58. The summed E-state index contributed by atoms with van der Waals surface area (Å²) in [5.74, 6) is -3.98. The van der Waals surface area contributed by atoms with Gasteiger partial charge in [-0.05, 0) is 12.5 Å². The van der Waals surface area contributed by atoms with Gasteiger partial charge in [-0.15, -0.1) is 0 Å². The van der Waals surface area contributed by atoms with Gasteiger partial charge in [0.25, 0.3) is 0 Å². The quantitative estimate of drug-likeness (QED) is 0.775. The van der Waals surface area contributed by atoms with Crippen molar-refractivity contribution in [2.75, 3.05) is 5.73 Å². The van der Waals surface area contributed by atoms with Crippen LogP contribution in [0.25, 0.3) is 0 Å². The molecule has 1 unspecified atom stereocenters. The van der Waals surface area contributed by atoms with E-state index in [0.717, 1.165) is 0 Å². The molecule has 1 aliphatic heterocycles. The Kier molecular flexibility index (Phi) is 2.45. The summed E-state index contributed by atoms with van der Waals surface area (Å²) in [5.41, 5.74) is 3.70. The number of halogens is 2. The van der Waals surface area contributed by atoms with Gasteiger partial charge in [0, 0.05) is 12.0 Å². The number of rotatable bonds is 2. The minimum absolute atomic E-state index is 0.0183. The second-order valence-corrected chi connectivity index (χ2v) is 4.01. The minimum atomic E-state index is -1.52. The zero-order chi connectivity index (χ0) is 12.8. The predicted molar refractivity (Wildman–Crippen MR) is 55.8 cm³/mol. The maximum absolute atomic E-state index is 13.5. The third kappa shape index (κ3) is 1.51. The molecule has 1 aromatic rings. The maximum Gasteiger partial charge on any atom is 0.348 e. The Bertz CT molecular complexity index is 504. The van der Waals surface area contributed by atoms with Crippen LogP contribution in [0.1, 0.15) is 18.9 Å². The van der Waals surface area contributed by atoms with Crippen molar-refractivity contribution in [1.82, 2.24) is 0 Å². The molecule has 92 valence electrons. The Morgan fingerprint density at radius 2 is 2.24 bits per heavy atom. The number of nitrogen functional groups attached to an aromatic ring is 1. The van der Waals surface area contributed by atoms with E-state index < -0.39 is 23.2 Å². The zero-order valence-electron chi connectivity index (χ0n) is 9.09. The lowest BCUT2D eigenvalue weighted by molar-refractivity contribution is -0.154. The molecular formula is C11H11F2NO3. The Labute approximate surface area is 96.0 Å². The highest BCUT2D eigenvalue weighted by molar-refractivity contribution is 5.80. The van der Waals surface area contributed by atoms with Gasteiger partial charge in [0.05, 0.1) is 5.69 Å². The fourth-order valence-electron chi connectivity index (χ4n) is 1.93. The summed E-state index contributed by atoms with van der Waals surface area (Å²) in [7, 11) is 0. The first-order chi connectivity index (χ1) is 7.91. The lowest BCUT2D eigenvalue weighted by atomic mass is 9.94. The summed E-state index contributed by atoms with van der Waals surface area (Å²) in [6, 6.07) is 1.22. The highest BCUT2D eigenvalue weighted by atomic mass is 19.2. The number of fused-ring (bicyclic) bond motifs is 1. The largest absolute Gasteiger partial charge is 0.478 e. The molecule has 0 bridgehead atoms. The molecule has 4 nitrogen and oxygen atoms in total. The monoisotopic (exact) mass is 243 g/mol. The van der Waals surface area contributed by atoms with Crippen molar-refractivity contribution >= 4 is 11.7 Å². The molecule has 1 aromatic carbocycles. The molecule has 17 heavy (non-hydrogen) atoms. The fraction of sp³-hybridized carbons (Fsp3) is 0.364. The van der Waals surface area contributed by atoms with Crippen LogP contribution in [0.5, 0.6) is 5.75 Å². The maximum atomic E-state index is 13.5. The van der Waals surface area contributed by atoms with E-state index in [1.54, 1.807) is 6.92 Å². The smallest absolute Gasteiger partial charge is 0.348 e. The standard InChI is InChI=1S/C11H11F2NO3/c1-2-11(10(15)16)4-5-3-6(14)7(12)8(13)9(5)17-11/h3H,2,4,14H2,1H3,(H,15,16). The van der Waals surface area contributed by atoms with Gasteiger partial charge in [-0.1, -0.05) is 6.92 Å². The lowest BCUT2D eigenvalue weighted by Gasteiger charge is -2.21. The summed E-state index contributed by atoms with van der Waals surface area (Å²) in [6.45, 7) is 1.61. The Hall–Kier alpha value is -1.85. The highest BCUT2D eigenvalue weighted by Crippen LogP contribution is 2.41. The van der Waals surface area contributed by atoms with Crippen molar-refractivity contribution < 1.29 is 23.4 Å². The SMILES string of the molecule is CCC1(C(=O)O)Cc2cc(N)c(F)c(F)c2O1. The van der Waals surface area contributed by atoms with Gasteiger partial charge < -0.3 is 15.6 Å². The summed E-state index contributed by atoms with van der Waals surface area (Å²) in [5, 5.41) is 9.09. The van der Waals surface area contributed by atoms with E-state index in [1.165, 1.54) is 6.07 Å². The third-order valence-electron chi connectivity index (χ3n) is 3.00. The molecule has 1 aliphatic rings. The van der Waals surface area contributed by atoms with Crippen LogP contribution in [-0.2, 0) is 11.2 Å². The number of carbonyl (C=O) groups is 1. The van der Waals surface area contributed by atoms with Crippen molar-refractivity contribution in [3.8, 4) is 5.75 Å². The Balaban J connectivity index is 2.53. The topological polar surface area (TPSA) is 72.5 Å². The number of benzene rings is 1. The first kappa shape index (κ1) is 11.6. The predicted octanol–water partition coefficient (Wildman–Crippen LogP) is 1.72. The average Bonchev–Trinajstić information content (AvgIpc) is 2.66. The average molecular weight is 243 g/mol. The van der Waals surface area contributed by atoms with Gasteiger partial charge in [-0.25, -0.2) is 9.18 Å². The minimum Gasteiger partial charge on any atom is -0.478 e.